The van der Waals surface area contributed by atoms with Crippen LogP contribution >= 0.6 is 23.4 Å². The molecule has 0 atom stereocenters. The topological polar surface area (TPSA) is 81.9 Å². The van der Waals surface area contributed by atoms with Crippen molar-refractivity contribution < 1.29 is 9.53 Å². The summed E-state index contributed by atoms with van der Waals surface area (Å²) in [4.78, 5) is 12.0. The van der Waals surface area contributed by atoms with Gasteiger partial charge in [0.2, 0.25) is 11.1 Å². The first-order valence-corrected chi connectivity index (χ1v) is 7.91. The van der Waals surface area contributed by atoms with E-state index in [1.165, 1.54) is 18.9 Å². The molecule has 2 aromatic rings. The van der Waals surface area contributed by atoms with Crippen molar-refractivity contribution in [1.29, 1.82) is 0 Å². The third-order valence-electron chi connectivity index (χ3n) is 2.72. The standard InChI is InChI=1S/C13H16ClN5O2S/c1-8(2)19-13(16-17-18-19)22-7-12(20)15-9-4-5-11(21-3)10(14)6-9/h4-6,8H,7H2,1-3H3,(H,15,20). The van der Waals surface area contributed by atoms with Crippen LogP contribution in [0.5, 0.6) is 5.75 Å². The zero-order valence-electron chi connectivity index (χ0n) is 12.4. The highest BCUT2D eigenvalue weighted by Crippen LogP contribution is 2.27. The summed E-state index contributed by atoms with van der Waals surface area (Å²) in [7, 11) is 1.54. The smallest absolute Gasteiger partial charge is 0.234 e. The molecule has 1 amide bonds. The molecule has 118 valence electrons. The molecule has 0 aliphatic rings. The second-order valence-corrected chi connectivity index (χ2v) is 6.04. The molecule has 0 unspecified atom stereocenters. The van der Waals surface area contributed by atoms with Gasteiger partial charge in [0.25, 0.3) is 0 Å². The van der Waals surface area contributed by atoms with Gasteiger partial charge in [-0.2, -0.15) is 0 Å². The fourth-order valence-corrected chi connectivity index (χ4v) is 2.74. The number of anilines is 1. The SMILES string of the molecule is COc1ccc(NC(=O)CSc2nnnn2C(C)C)cc1Cl. The normalized spacial score (nSPS) is 10.8. The predicted octanol–water partition coefficient (Wildman–Crippen LogP) is 2.65. The van der Waals surface area contributed by atoms with Crippen molar-refractivity contribution >= 4 is 35.0 Å². The van der Waals surface area contributed by atoms with E-state index in [4.69, 9.17) is 16.3 Å². The first-order valence-electron chi connectivity index (χ1n) is 6.55. The highest BCUT2D eigenvalue weighted by Gasteiger charge is 2.12. The Labute approximate surface area is 137 Å². The third kappa shape index (κ3) is 4.11. The molecule has 0 aliphatic heterocycles. The fourth-order valence-electron chi connectivity index (χ4n) is 1.68. The molecule has 22 heavy (non-hydrogen) atoms. The molecule has 0 radical (unpaired) electrons. The minimum atomic E-state index is -0.162. The number of tetrazole rings is 1. The Balaban J connectivity index is 1.93. The van der Waals surface area contributed by atoms with E-state index in [2.05, 4.69) is 20.8 Å². The molecule has 1 aromatic carbocycles. The molecule has 0 spiro atoms. The number of nitrogens with one attached hydrogen (secondary N) is 1. The van der Waals surface area contributed by atoms with Crippen molar-refractivity contribution in [2.75, 3.05) is 18.2 Å². The van der Waals surface area contributed by atoms with Crippen LogP contribution in [0, 0.1) is 0 Å². The van der Waals surface area contributed by atoms with Crippen LogP contribution in [0.1, 0.15) is 19.9 Å². The van der Waals surface area contributed by atoms with Crippen LogP contribution in [0.3, 0.4) is 0 Å². The van der Waals surface area contributed by atoms with Gasteiger partial charge in [-0.1, -0.05) is 23.4 Å². The molecule has 1 aromatic heterocycles. The number of halogens is 1. The zero-order chi connectivity index (χ0) is 16.1. The van der Waals surface area contributed by atoms with Gasteiger partial charge in [-0.05, 0) is 42.5 Å². The van der Waals surface area contributed by atoms with Gasteiger partial charge in [0.05, 0.1) is 23.9 Å². The Hall–Kier alpha value is -1.80. The van der Waals surface area contributed by atoms with Crippen molar-refractivity contribution in [3.05, 3.63) is 23.2 Å². The average Bonchev–Trinajstić information content (AvgIpc) is 2.94. The summed E-state index contributed by atoms with van der Waals surface area (Å²) in [6.07, 6.45) is 0. The van der Waals surface area contributed by atoms with Crippen LogP contribution in [0.25, 0.3) is 0 Å². The number of rotatable bonds is 6. The number of carbonyl (C=O) groups is 1. The molecule has 1 N–H and O–H groups in total. The summed E-state index contributed by atoms with van der Waals surface area (Å²) in [5.74, 6) is 0.603. The zero-order valence-corrected chi connectivity index (χ0v) is 14.0. The number of hydrogen-bond acceptors (Lipinski definition) is 6. The molecule has 9 heteroatoms. The summed E-state index contributed by atoms with van der Waals surface area (Å²) in [6.45, 7) is 3.94. The van der Waals surface area contributed by atoms with E-state index in [1.807, 2.05) is 13.8 Å². The Bertz CT molecular complexity index is 662. The first kappa shape index (κ1) is 16.6. The van der Waals surface area contributed by atoms with E-state index in [0.717, 1.165) is 0 Å². The van der Waals surface area contributed by atoms with Gasteiger partial charge in [0.15, 0.2) is 0 Å². The largest absolute Gasteiger partial charge is 0.495 e. The van der Waals surface area contributed by atoms with Crippen molar-refractivity contribution in [3.8, 4) is 5.75 Å². The maximum atomic E-state index is 12.0. The lowest BCUT2D eigenvalue weighted by Gasteiger charge is -2.09. The van der Waals surface area contributed by atoms with E-state index in [0.29, 0.717) is 21.6 Å². The van der Waals surface area contributed by atoms with Crippen molar-refractivity contribution in [2.45, 2.75) is 25.0 Å². The Kier molecular flexibility index (Phi) is 5.62. The van der Waals surface area contributed by atoms with Crippen LogP contribution < -0.4 is 10.1 Å². The third-order valence-corrected chi connectivity index (χ3v) is 3.95. The van der Waals surface area contributed by atoms with Crippen LogP contribution in [-0.2, 0) is 4.79 Å². The highest BCUT2D eigenvalue weighted by molar-refractivity contribution is 7.99. The minimum Gasteiger partial charge on any atom is -0.495 e. The van der Waals surface area contributed by atoms with Crippen molar-refractivity contribution in [1.82, 2.24) is 20.2 Å². The van der Waals surface area contributed by atoms with Gasteiger partial charge in [0, 0.05) is 5.69 Å². The number of nitrogens with zero attached hydrogens (tertiary/aromatic N) is 4. The van der Waals surface area contributed by atoms with E-state index in [1.54, 1.807) is 22.9 Å². The summed E-state index contributed by atoms with van der Waals surface area (Å²) >= 11 is 7.29. The lowest BCUT2D eigenvalue weighted by molar-refractivity contribution is -0.113. The van der Waals surface area contributed by atoms with Gasteiger partial charge in [-0.15, -0.1) is 5.10 Å². The Morgan fingerprint density at radius 1 is 1.50 bits per heavy atom. The molecular formula is C13H16ClN5O2S. The number of carbonyl (C=O) groups excluding carboxylic acids is 1. The number of thioether (sulfide) groups is 1. The van der Waals surface area contributed by atoms with Gasteiger partial charge >= 0.3 is 0 Å². The second kappa shape index (κ2) is 7.46. The lowest BCUT2D eigenvalue weighted by Crippen LogP contribution is -2.15. The molecule has 0 bridgehead atoms. The monoisotopic (exact) mass is 341 g/mol. The number of aromatic nitrogens is 4. The molecular weight excluding hydrogens is 326 g/mol. The number of amides is 1. The summed E-state index contributed by atoms with van der Waals surface area (Å²) in [5.41, 5.74) is 0.611. The van der Waals surface area contributed by atoms with Crippen LogP contribution in [-0.4, -0.2) is 39.0 Å². The predicted molar refractivity (Wildman–Crippen MR) is 85.6 cm³/mol. The van der Waals surface area contributed by atoms with Crippen LogP contribution in [0.4, 0.5) is 5.69 Å². The first-order chi connectivity index (χ1) is 10.5. The van der Waals surface area contributed by atoms with E-state index < -0.39 is 0 Å². The van der Waals surface area contributed by atoms with Crippen LogP contribution in [0.2, 0.25) is 5.02 Å². The molecule has 1 heterocycles. The van der Waals surface area contributed by atoms with Gasteiger partial charge < -0.3 is 10.1 Å². The van der Waals surface area contributed by atoms with E-state index in [9.17, 15) is 4.79 Å². The Morgan fingerprint density at radius 2 is 2.27 bits per heavy atom. The molecule has 0 saturated heterocycles. The number of benzene rings is 1. The lowest BCUT2D eigenvalue weighted by atomic mass is 10.3. The fraction of sp³-hybridized carbons (Fsp3) is 0.385. The van der Waals surface area contributed by atoms with Crippen molar-refractivity contribution in [3.63, 3.8) is 0 Å². The molecule has 0 saturated carbocycles. The van der Waals surface area contributed by atoms with E-state index >= 15 is 0 Å². The summed E-state index contributed by atoms with van der Waals surface area (Å²) < 4.78 is 6.73. The van der Waals surface area contributed by atoms with Gasteiger partial charge in [-0.3, -0.25) is 4.79 Å². The number of hydrogen-bond donors (Lipinski definition) is 1. The highest BCUT2D eigenvalue weighted by atomic mass is 35.5. The summed E-state index contributed by atoms with van der Waals surface area (Å²) in [6, 6.07) is 5.21. The molecule has 2 rings (SSSR count). The van der Waals surface area contributed by atoms with Crippen molar-refractivity contribution in [2.24, 2.45) is 0 Å². The maximum Gasteiger partial charge on any atom is 0.234 e. The molecule has 0 aliphatic carbocycles. The average molecular weight is 342 g/mol. The number of ether oxygens (including phenoxy) is 1. The van der Waals surface area contributed by atoms with Gasteiger partial charge in [-0.25, -0.2) is 4.68 Å². The quantitative estimate of drug-likeness (QED) is 0.813. The Morgan fingerprint density at radius 3 is 2.91 bits per heavy atom. The van der Waals surface area contributed by atoms with Gasteiger partial charge in [0.1, 0.15) is 5.75 Å². The maximum absolute atomic E-state index is 12.0. The second-order valence-electron chi connectivity index (χ2n) is 4.69. The molecule has 0 fully saturated rings. The summed E-state index contributed by atoms with van der Waals surface area (Å²) in [5, 5.41) is 15.2. The minimum absolute atomic E-state index is 0.140. The van der Waals surface area contributed by atoms with E-state index in [-0.39, 0.29) is 17.7 Å². The van der Waals surface area contributed by atoms with Crippen LogP contribution in [0.15, 0.2) is 23.4 Å². The molecule has 7 nitrogen and oxygen atoms in total. The number of methoxy groups -OCH3 is 1.